The first-order valence-electron chi connectivity index (χ1n) is 5.77. The van der Waals surface area contributed by atoms with Gasteiger partial charge in [-0.05, 0) is 18.9 Å². The van der Waals surface area contributed by atoms with E-state index in [-0.39, 0.29) is 23.3 Å². The molecule has 1 aliphatic heterocycles. The van der Waals surface area contributed by atoms with Gasteiger partial charge in [-0.25, -0.2) is 13.4 Å². The Morgan fingerprint density at radius 2 is 2.21 bits per heavy atom. The van der Waals surface area contributed by atoms with Crippen molar-refractivity contribution in [3.05, 3.63) is 28.4 Å². The zero-order valence-corrected chi connectivity index (χ0v) is 10.9. The van der Waals surface area contributed by atoms with Crippen LogP contribution in [0.25, 0.3) is 0 Å². The van der Waals surface area contributed by atoms with Gasteiger partial charge >= 0.3 is 0 Å². The molecule has 0 spiro atoms. The van der Waals surface area contributed by atoms with E-state index >= 15 is 0 Å². The van der Waals surface area contributed by atoms with E-state index in [4.69, 9.17) is 5.73 Å². The molecule has 8 nitrogen and oxygen atoms in total. The number of nitro groups is 1. The van der Waals surface area contributed by atoms with Gasteiger partial charge in [-0.1, -0.05) is 0 Å². The van der Waals surface area contributed by atoms with Crippen molar-refractivity contribution in [3.8, 4) is 0 Å². The molecule has 0 aromatic carbocycles. The molecule has 0 amide bonds. The lowest BCUT2D eigenvalue weighted by Crippen LogP contribution is -2.45. The number of nitrogens with two attached hydrogens (primary N) is 1. The molecule has 0 bridgehead atoms. The van der Waals surface area contributed by atoms with Crippen LogP contribution in [-0.4, -0.2) is 41.8 Å². The number of hydrogen-bond acceptors (Lipinski definition) is 6. The Balaban J connectivity index is 2.26. The van der Waals surface area contributed by atoms with Crippen molar-refractivity contribution in [1.82, 2.24) is 9.29 Å². The number of nitrogens with zero attached hydrogens (tertiary/aromatic N) is 3. The van der Waals surface area contributed by atoms with E-state index in [2.05, 4.69) is 4.98 Å². The molecule has 1 atom stereocenters. The average molecular weight is 286 g/mol. The van der Waals surface area contributed by atoms with Crippen molar-refractivity contribution in [2.24, 2.45) is 5.73 Å². The summed E-state index contributed by atoms with van der Waals surface area (Å²) in [6, 6.07) is 2.10. The zero-order valence-electron chi connectivity index (χ0n) is 10.1. The van der Waals surface area contributed by atoms with Gasteiger partial charge in [-0.15, -0.1) is 0 Å². The molecule has 0 saturated carbocycles. The standard InChI is InChI=1S/C10H14N4O4S/c11-8-2-1-5-13(7-8)19(17,18)10-4-3-9(6-12-10)14(15)16/h3-4,6,8H,1-2,5,7,11H2/t8-/m0/s1. The maximum absolute atomic E-state index is 12.3. The SMILES string of the molecule is N[C@H]1CCCN(S(=O)(=O)c2ccc([N+](=O)[O-])cn2)C1. The Kier molecular flexibility index (Phi) is 3.78. The second-order valence-corrected chi connectivity index (χ2v) is 6.26. The molecular weight excluding hydrogens is 272 g/mol. The maximum Gasteiger partial charge on any atom is 0.287 e. The van der Waals surface area contributed by atoms with Crippen LogP contribution in [0.3, 0.4) is 0 Å². The molecule has 2 heterocycles. The lowest BCUT2D eigenvalue weighted by molar-refractivity contribution is -0.385. The molecule has 1 saturated heterocycles. The summed E-state index contributed by atoms with van der Waals surface area (Å²) in [5.74, 6) is 0. The van der Waals surface area contributed by atoms with Crippen LogP contribution in [0, 0.1) is 10.1 Å². The van der Waals surface area contributed by atoms with Crippen molar-refractivity contribution in [1.29, 1.82) is 0 Å². The molecular formula is C10H14N4O4S. The summed E-state index contributed by atoms with van der Waals surface area (Å²) in [6.07, 6.45) is 2.43. The summed E-state index contributed by atoms with van der Waals surface area (Å²) in [6.45, 7) is 0.649. The molecule has 1 aliphatic rings. The minimum absolute atomic E-state index is 0.179. The third-order valence-electron chi connectivity index (χ3n) is 2.96. The van der Waals surface area contributed by atoms with E-state index in [1.54, 1.807) is 0 Å². The smallest absolute Gasteiger partial charge is 0.287 e. The fraction of sp³-hybridized carbons (Fsp3) is 0.500. The van der Waals surface area contributed by atoms with Crippen molar-refractivity contribution < 1.29 is 13.3 Å². The number of piperidine rings is 1. The Morgan fingerprint density at radius 1 is 1.47 bits per heavy atom. The average Bonchev–Trinajstić information content (AvgIpc) is 2.39. The second-order valence-electron chi connectivity index (χ2n) is 4.38. The van der Waals surface area contributed by atoms with E-state index in [1.165, 1.54) is 4.31 Å². The van der Waals surface area contributed by atoms with Crippen molar-refractivity contribution in [2.45, 2.75) is 23.9 Å². The summed E-state index contributed by atoms with van der Waals surface area (Å²) >= 11 is 0. The number of sulfonamides is 1. The third kappa shape index (κ3) is 2.88. The highest BCUT2D eigenvalue weighted by Crippen LogP contribution is 2.20. The highest BCUT2D eigenvalue weighted by molar-refractivity contribution is 7.89. The van der Waals surface area contributed by atoms with E-state index in [0.29, 0.717) is 13.0 Å². The van der Waals surface area contributed by atoms with E-state index in [1.807, 2.05) is 0 Å². The van der Waals surface area contributed by atoms with Crippen LogP contribution in [0.4, 0.5) is 5.69 Å². The van der Waals surface area contributed by atoms with Crippen LogP contribution < -0.4 is 5.73 Å². The summed E-state index contributed by atoms with van der Waals surface area (Å²) in [5, 5.41) is 10.3. The van der Waals surface area contributed by atoms with E-state index in [9.17, 15) is 18.5 Å². The van der Waals surface area contributed by atoms with Crippen LogP contribution >= 0.6 is 0 Å². The predicted molar refractivity (Wildman–Crippen MR) is 66.9 cm³/mol. The minimum Gasteiger partial charge on any atom is -0.327 e. The van der Waals surface area contributed by atoms with Gasteiger partial charge in [0.25, 0.3) is 15.7 Å². The molecule has 0 unspecified atom stereocenters. The number of pyridine rings is 1. The van der Waals surface area contributed by atoms with Gasteiger partial charge in [0.1, 0.15) is 6.20 Å². The molecule has 1 aromatic heterocycles. The van der Waals surface area contributed by atoms with Crippen molar-refractivity contribution in [2.75, 3.05) is 13.1 Å². The zero-order chi connectivity index (χ0) is 14.0. The Hall–Kier alpha value is -1.58. The first-order valence-corrected chi connectivity index (χ1v) is 7.21. The number of hydrogen-bond donors (Lipinski definition) is 1. The van der Waals surface area contributed by atoms with Gasteiger partial charge in [0.15, 0.2) is 5.03 Å². The number of aromatic nitrogens is 1. The Labute approximate surface area is 110 Å². The lowest BCUT2D eigenvalue weighted by Gasteiger charge is -2.29. The van der Waals surface area contributed by atoms with Crippen LogP contribution in [0.2, 0.25) is 0 Å². The fourth-order valence-electron chi connectivity index (χ4n) is 1.96. The Bertz CT molecular complexity index is 572. The normalized spacial score (nSPS) is 21.2. The van der Waals surface area contributed by atoms with Crippen LogP contribution in [0.1, 0.15) is 12.8 Å². The maximum atomic E-state index is 12.3. The monoisotopic (exact) mass is 286 g/mol. The Morgan fingerprint density at radius 3 is 2.74 bits per heavy atom. The van der Waals surface area contributed by atoms with Crippen LogP contribution in [0.15, 0.2) is 23.4 Å². The van der Waals surface area contributed by atoms with Crippen LogP contribution in [0.5, 0.6) is 0 Å². The highest BCUT2D eigenvalue weighted by Gasteiger charge is 2.30. The van der Waals surface area contributed by atoms with Gasteiger partial charge in [0.2, 0.25) is 0 Å². The molecule has 2 N–H and O–H groups in total. The lowest BCUT2D eigenvalue weighted by atomic mass is 10.1. The fourth-order valence-corrected chi connectivity index (χ4v) is 3.41. The first kappa shape index (κ1) is 13.8. The van der Waals surface area contributed by atoms with Gasteiger partial charge in [-0.3, -0.25) is 10.1 Å². The third-order valence-corrected chi connectivity index (χ3v) is 4.74. The second kappa shape index (κ2) is 5.19. The summed E-state index contributed by atoms with van der Waals surface area (Å²) < 4.78 is 25.8. The molecule has 19 heavy (non-hydrogen) atoms. The molecule has 1 fully saturated rings. The van der Waals surface area contributed by atoms with Gasteiger partial charge < -0.3 is 5.73 Å². The largest absolute Gasteiger partial charge is 0.327 e. The molecule has 1 aromatic rings. The molecule has 0 radical (unpaired) electrons. The van der Waals surface area contributed by atoms with Gasteiger partial charge in [-0.2, -0.15) is 4.31 Å². The molecule has 104 valence electrons. The summed E-state index contributed by atoms with van der Waals surface area (Å²) in [5.41, 5.74) is 5.51. The van der Waals surface area contributed by atoms with Gasteiger partial charge in [0, 0.05) is 25.2 Å². The summed E-state index contributed by atoms with van der Waals surface area (Å²) in [7, 11) is -3.72. The molecule has 9 heteroatoms. The predicted octanol–water partition coefficient (Wildman–Crippen LogP) is 0.102. The van der Waals surface area contributed by atoms with Crippen molar-refractivity contribution >= 4 is 15.7 Å². The quantitative estimate of drug-likeness (QED) is 0.621. The number of rotatable bonds is 3. The molecule has 2 rings (SSSR count). The first-order chi connectivity index (χ1) is 8.91. The van der Waals surface area contributed by atoms with E-state index < -0.39 is 14.9 Å². The van der Waals surface area contributed by atoms with Crippen LogP contribution in [-0.2, 0) is 10.0 Å². The van der Waals surface area contributed by atoms with E-state index in [0.717, 1.165) is 24.8 Å². The topological polar surface area (TPSA) is 119 Å². The molecule has 0 aliphatic carbocycles. The van der Waals surface area contributed by atoms with Gasteiger partial charge in [0.05, 0.1) is 4.92 Å². The summed E-state index contributed by atoms with van der Waals surface area (Å²) in [4.78, 5) is 13.5. The minimum atomic E-state index is -3.72. The highest BCUT2D eigenvalue weighted by atomic mass is 32.2. The van der Waals surface area contributed by atoms with Crippen molar-refractivity contribution in [3.63, 3.8) is 0 Å².